The van der Waals surface area contributed by atoms with Crippen LogP contribution in [0.4, 0.5) is 5.69 Å². The number of Topliss-reactive ketones (excluding diaryl/α,β-unsaturated/α-hetero) is 1. The molecule has 2 N–H and O–H groups in total. The van der Waals surface area contributed by atoms with Crippen molar-refractivity contribution in [3.05, 3.63) is 56.5 Å². The SMILES string of the molecule is O=C1CC(c2cc(Br)c(O)c(Br)c2)Nc2ccccc21. The van der Waals surface area contributed by atoms with Crippen LogP contribution < -0.4 is 5.32 Å². The van der Waals surface area contributed by atoms with E-state index in [1.807, 2.05) is 36.4 Å². The van der Waals surface area contributed by atoms with Crippen molar-refractivity contribution < 1.29 is 9.90 Å². The smallest absolute Gasteiger partial charge is 0.167 e. The predicted molar refractivity (Wildman–Crippen MR) is 85.3 cm³/mol. The lowest BCUT2D eigenvalue weighted by Crippen LogP contribution is -2.22. The summed E-state index contributed by atoms with van der Waals surface area (Å²) in [6, 6.07) is 11.1. The van der Waals surface area contributed by atoms with Crippen LogP contribution >= 0.6 is 31.9 Å². The molecule has 2 aromatic rings. The number of nitrogens with one attached hydrogen (secondary N) is 1. The van der Waals surface area contributed by atoms with Gasteiger partial charge in [0.2, 0.25) is 0 Å². The van der Waals surface area contributed by atoms with Crippen molar-refractivity contribution in [3.63, 3.8) is 0 Å². The molecule has 3 rings (SSSR count). The molecule has 0 saturated heterocycles. The lowest BCUT2D eigenvalue weighted by Gasteiger charge is -2.26. The summed E-state index contributed by atoms with van der Waals surface area (Å²) in [5, 5.41) is 13.1. The third-order valence-corrected chi connectivity index (χ3v) is 4.60. The van der Waals surface area contributed by atoms with Crippen LogP contribution in [0.2, 0.25) is 0 Å². The van der Waals surface area contributed by atoms with Gasteiger partial charge < -0.3 is 10.4 Å². The topological polar surface area (TPSA) is 49.3 Å². The van der Waals surface area contributed by atoms with Gasteiger partial charge in [0.15, 0.2) is 5.78 Å². The Morgan fingerprint density at radius 1 is 1.15 bits per heavy atom. The van der Waals surface area contributed by atoms with Gasteiger partial charge in [-0.05, 0) is 61.7 Å². The average Bonchev–Trinajstić information content (AvgIpc) is 2.44. The maximum absolute atomic E-state index is 12.2. The molecule has 0 saturated carbocycles. The Labute approximate surface area is 133 Å². The van der Waals surface area contributed by atoms with E-state index in [1.54, 1.807) is 0 Å². The highest BCUT2D eigenvalue weighted by Gasteiger charge is 2.26. The highest BCUT2D eigenvalue weighted by molar-refractivity contribution is 9.11. The summed E-state index contributed by atoms with van der Waals surface area (Å²) in [5.41, 5.74) is 2.54. The first-order chi connectivity index (χ1) is 9.56. The number of rotatable bonds is 1. The van der Waals surface area contributed by atoms with Gasteiger partial charge in [0.05, 0.1) is 15.0 Å². The zero-order valence-corrected chi connectivity index (χ0v) is 13.5. The van der Waals surface area contributed by atoms with Gasteiger partial charge in [-0.25, -0.2) is 0 Å². The molecule has 0 amide bonds. The van der Waals surface area contributed by atoms with Crippen molar-refractivity contribution in [2.24, 2.45) is 0 Å². The van der Waals surface area contributed by atoms with Crippen LogP contribution in [0.3, 0.4) is 0 Å². The largest absolute Gasteiger partial charge is 0.506 e. The fourth-order valence-electron chi connectivity index (χ4n) is 2.37. The van der Waals surface area contributed by atoms with Gasteiger partial charge in [0.25, 0.3) is 0 Å². The van der Waals surface area contributed by atoms with Crippen molar-refractivity contribution in [2.75, 3.05) is 5.32 Å². The van der Waals surface area contributed by atoms with Crippen LogP contribution in [0.1, 0.15) is 28.4 Å². The molecule has 0 bridgehead atoms. The molecule has 2 aromatic carbocycles. The fourth-order valence-corrected chi connectivity index (χ4v) is 3.60. The molecule has 0 fully saturated rings. The number of carbonyl (C=O) groups is 1. The van der Waals surface area contributed by atoms with E-state index in [1.165, 1.54) is 0 Å². The van der Waals surface area contributed by atoms with Crippen LogP contribution in [0.5, 0.6) is 5.75 Å². The van der Waals surface area contributed by atoms with Crippen molar-refractivity contribution in [1.29, 1.82) is 0 Å². The van der Waals surface area contributed by atoms with E-state index < -0.39 is 0 Å². The van der Waals surface area contributed by atoms with Crippen LogP contribution in [0, 0.1) is 0 Å². The van der Waals surface area contributed by atoms with E-state index >= 15 is 0 Å². The van der Waals surface area contributed by atoms with Crippen molar-refractivity contribution in [3.8, 4) is 5.75 Å². The Morgan fingerprint density at radius 3 is 2.50 bits per heavy atom. The summed E-state index contributed by atoms with van der Waals surface area (Å²) in [6.45, 7) is 0. The maximum atomic E-state index is 12.2. The number of phenols is 1. The minimum absolute atomic E-state index is 0.0920. The molecule has 0 radical (unpaired) electrons. The lowest BCUT2D eigenvalue weighted by atomic mass is 9.92. The number of hydrogen-bond acceptors (Lipinski definition) is 3. The van der Waals surface area contributed by atoms with Crippen LogP contribution in [0.15, 0.2) is 45.3 Å². The minimum Gasteiger partial charge on any atom is -0.506 e. The standard InChI is InChI=1S/C15H11Br2NO2/c16-10-5-8(6-11(17)15(10)20)13-7-14(19)9-3-1-2-4-12(9)18-13/h1-6,13,18,20H,7H2. The molecule has 0 aromatic heterocycles. The van der Waals surface area contributed by atoms with E-state index in [9.17, 15) is 9.90 Å². The van der Waals surface area contributed by atoms with Crippen molar-refractivity contribution in [2.45, 2.75) is 12.5 Å². The van der Waals surface area contributed by atoms with Gasteiger partial charge in [-0.15, -0.1) is 0 Å². The first-order valence-electron chi connectivity index (χ1n) is 6.13. The van der Waals surface area contributed by atoms with Gasteiger partial charge >= 0.3 is 0 Å². The summed E-state index contributed by atoms with van der Waals surface area (Å²) in [7, 11) is 0. The number of benzene rings is 2. The Kier molecular flexibility index (Phi) is 3.56. The second kappa shape index (κ2) is 5.22. The number of carbonyl (C=O) groups excluding carboxylic acids is 1. The highest BCUT2D eigenvalue weighted by Crippen LogP contribution is 2.38. The van der Waals surface area contributed by atoms with Crippen molar-refractivity contribution in [1.82, 2.24) is 0 Å². The molecule has 3 nitrogen and oxygen atoms in total. The zero-order chi connectivity index (χ0) is 14.3. The number of anilines is 1. The highest BCUT2D eigenvalue weighted by atomic mass is 79.9. The fraction of sp³-hybridized carbons (Fsp3) is 0.133. The Hall–Kier alpha value is -1.33. The van der Waals surface area contributed by atoms with E-state index in [0.717, 1.165) is 16.8 Å². The average molecular weight is 397 g/mol. The molecule has 1 aliphatic rings. The Morgan fingerprint density at radius 2 is 1.80 bits per heavy atom. The molecule has 1 atom stereocenters. The number of hydrogen-bond donors (Lipinski definition) is 2. The molecule has 0 aliphatic carbocycles. The maximum Gasteiger partial charge on any atom is 0.167 e. The van der Waals surface area contributed by atoms with E-state index in [2.05, 4.69) is 37.2 Å². The predicted octanol–water partition coefficient (Wildman–Crippen LogP) is 4.66. The quantitative estimate of drug-likeness (QED) is 0.737. The van der Waals surface area contributed by atoms with Gasteiger partial charge in [-0.3, -0.25) is 4.79 Å². The Bertz CT molecular complexity index is 677. The van der Waals surface area contributed by atoms with Gasteiger partial charge in [-0.1, -0.05) is 12.1 Å². The molecule has 102 valence electrons. The monoisotopic (exact) mass is 395 g/mol. The first kappa shape index (κ1) is 13.6. The second-order valence-corrected chi connectivity index (χ2v) is 6.41. The minimum atomic E-state index is -0.0920. The first-order valence-corrected chi connectivity index (χ1v) is 7.71. The Balaban J connectivity index is 2.00. The van der Waals surface area contributed by atoms with Gasteiger partial charge in [-0.2, -0.15) is 0 Å². The molecular formula is C15H11Br2NO2. The molecule has 1 aliphatic heterocycles. The molecule has 5 heteroatoms. The summed E-state index contributed by atoms with van der Waals surface area (Å²) >= 11 is 6.64. The number of ketones is 1. The molecular weight excluding hydrogens is 386 g/mol. The van der Waals surface area contributed by atoms with Gasteiger partial charge in [0, 0.05) is 17.7 Å². The van der Waals surface area contributed by atoms with Crippen LogP contribution in [-0.2, 0) is 0 Å². The third kappa shape index (κ3) is 2.36. The van der Waals surface area contributed by atoms with Gasteiger partial charge in [0.1, 0.15) is 5.75 Å². The number of para-hydroxylation sites is 1. The second-order valence-electron chi connectivity index (χ2n) is 4.70. The summed E-state index contributed by atoms with van der Waals surface area (Å²) in [5.74, 6) is 0.293. The van der Waals surface area contributed by atoms with E-state index in [0.29, 0.717) is 15.4 Å². The molecule has 20 heavy (non-hydrogen) atoms. The van der Waals surface area contributed by atoms with Crippen molar-refractivity contribution >= 4 is 43.3 Å². The zero-order valence-electron chi connectivity index (χ0n) is 10.4. The number of phenolic OH excluding ortho intramolecular Hbond substituents is 1. The third-order valence-electron chi connectivity index (χ3n) is 3.39. The lowest BCUT2D eigenvalue weighted by molar-refractivity contribution is 0.0972. The molecule has 1 unspecified atom stereocenters. The number of halogens is 2. The summed E-state index contributed by atoms with van der Waals surface area (Å²) in [6.07, 6.45) is 0.403. The normalized spacial score (nSPS) is 17.5. The van der Waals surface area contributed by atoms with E-state index in [-0.39, 0.29) is 17.6 Å². The molecule has 0 spiro atoms. The molecule has 1 heterocycles. The van der Waals surface area contributed by atoms with E-state index in [4.69, 9.17) is 0 Å². The summed E-state index contributed by atoms with van der Waals surface area (Å²) < 4.78 is 1.21. The summed E-state index contributed by atoms with van der Waals surface area (Å²) in [4.78, 5) is 12.2. The number of fused-ring (bicyclic) bond motifs is 1. The van der Waals surface area contributed by atoms with Crippen LogP contribution in [0.25, 0.3) is 0 Å². The van der Waals surface area contributed by atoms with Crippen LogP contribution in [-0.4, -0.2) is 10.9 Å². The number of aromatic hydroxyl groups is 1.